The Labute approximate surface area is 96.4 Å². The Morgan fingerprint density at radius 3 is 2.88 bits per heavy atom. The lowest BCUT2D eigenvalue weighted by Crippen LogP contribution is -2.15. The number of esters is 1. The molecule has 16 heavy (non-hydrogen) atoms. The molecule has 0 amide bonds. The second kappa shape index (κ2) is 6.88. The van der Waals surface area contributed by atoms with Gasteiger partial charge in [-0.05, 0) is 31.0 Å². The minimum Gasteiger partial charge on any atom is -0.482 e. The lowest BCUT2D eigenvalue weighted by Gasteiger charge is -2.06. The third-order valence-corrected chi connectivity index (χ3v) is 2.11. The van der Waals surface area contributed by atoms with E-state index in [9.17, 15) is 4.79 Å². The number of carbonyl (C=O) groups excluding carboxylic acids is 1. The molecule has 0 aliphatic rings. The molecule has 1 aromatic carbocycles. The smallest absolute Gasteiger partial charge is 0.344 e. The lowest BCUT2D eigenvalue weighted by molar-refractivity contribution is -0.146. The minimum absolute atomic E-state index is 0.0207. The van der Waals surface area contributed by atoms with Crippen molar-refractivity contribution in [3.63, 3.8) is 0 Å². The number of aryl methyl sites for hydroxylation is 1. The van der Waals surface area contributed by atoms with Gasteiger partial charge in [-0.2, -0.15) is 0 Å². The first-order valence-electron chi connectivity index (χ1n) is 5.57. The van der Waals surface area contributed by atoms with Crippen molar-refractivity contribution < 1.29 is 14.3 Å². The molecule has 0 N–H and O–H groups in total. The molecule has 0 unspecified atom stereocenters. The maximum Gasteiger partial charge on any atom is 0.344 e. The summed E-state index contributed by atoms with van der Waals surface area (Å²) in [4.78, 5) is 11.2. The molecule has 0 aliphatic carbocycles. The maximum atomic E-state index is 11.2. The van der Waals surface area contributed by atoms with Crippen LogP contribution in [-0.2, 0) is 9.53 Å². The summed E-state index contributed by atoms with van der Waals surface area (Å²) in [6.45, 7) is 4.49. The fourth-order valence-corrected chi connectivity index (χ4v) is 1.22. The van der Waals surface area contributed by atoms with Crippen molar-refractivity contribution in [3.8, 4) is 5.75 Å². The van der Waals surface area contributed by atoms with Gasteiger partial charge in [0.2, 0.25) is 0 Å². The van der Waals surface area contributed by atoms with Gasteiger partial charge in [-0.3, -0.25) is 0 Å². The summed E-state index contributed by atoms with van der Waals surface area (Å²) < 4.78 is 10.3. The van der Waals surface area contributed by atoms with Crippen LogP contribution in [0.15, 0.2) is 24.3 Å². The van der Waals surface area contributed by atoms with E-state index < -0.39 is 0 Å². The van der Waals surface area contributed by atoms with Gasteiger partial charge in [0.05, 0.1) is 6.61 Å². The third kappa shape index (κ3) is 4.82. The Morgan fingerprint density at radius 2 is 2.19 bits per heavy atom. The standard InChI is InChI=1S/C13H18O3/c1-3-4-8-15-13(14)10-16-12-7-5-6-11(2)9-12/h5-7,9H,3-4,8,10H2,1-2H3. The molecular weight excluding hydrogens is 204 g/mol. The first-order chi connectivity index (χ1) is 7.72. The molecule has 1 aromatic rings. The van der Waals surface area contributed by atoms with Crippen molar-refractivity contribution >= 4 is 5.97 Å². The molecule has 0 radical (unpaired) electrons. The predicted molar refractivity (Wildman–Crippen MR) is 62.5 cm³/mol. The van der Waals surface area contributed by atoms with E-state index in [-0.39, 0.29) is 12.6 Å². The van der Waals surface area contributed by atoms with Gasteiger partial charge in [0.15, 0.2) is 6.61 Å². The highest BCUT2D eigenvalue weighted by atomic mass is 16.6. The fraction of sp³-hybridized carbons (Fsp3) is 0.462. The topological polar surface area (TPSA) is 35.5 Å². The van der Waals surface area contributed by atoms with Gasteiger partial charge >= 0.3 is 5.97 Å². The van der Waals surface area contributed by atoms with E-state index in [0.29, 0.717) is 12.4 Å². The highest BCUT2D eigenvalue weighted by molar-refractivity contribution is 5.71. The van der Waals surface area contributed by atoms with Crippen molar-refractivity contribution in [2.75, 3.05) is 13.2 Å². The first kappa shape index (κ1) is 12.6. The van der Waals surface area contributed by atoms with Crippen molar-refractivity contribution in [2.45, 2.75) is 26.7 Å². The zero-order valence-corrected chi connectivity index (χ0v) is 9.86. The average Bonchev–Trinajstić information content (AvgIpc) is 2.27. The number of hydrogen-bond acceptors (Lipinski definition) is 3. The van der Waals surface area contributed by atoms with E-state index in [1.165, 1.54) is 0 Å². The van der Waals surface area contributed by atoms with Crippen molar-refractivity contribution in [3.05, 3.63) is 29.8 Å². The van der Waals surface area contributed by atoms with Crippen molar-refractivity contribution in [2.24, 2.45) is 0 Å². The molecular formula is C13H18O3. The number of benzene rings is 1. The molecule has 0 aliphatic heterocycles. The van der Waals surface area contributed by atoms with Crippen LogP contribution < -0.4 is 4.74 Å². The van der Waals surface area contributed by atoms with E-state index in [0.717, 1.165) is 18.4 Å². The molecule has 0 heterocycles. The molecule has 3 nitrogen and oxygen atoms in total. The van der Waals surface area contributed by atoms with Crippen LogP contribution in [0.4, 0.5) is 0 Å². The predicted octanol–water partition coefficient (Wildman–Crippen LogP) is 2.72. The summed E-state index contributed by atoms with van der Waals surface area (Å²) in [7, 11) is 0. The molecule has 0 saturated heterocycles. The monoisotopic (exact) mass is 222 g/mol. The van der Waals surface area contributed by atoms with Gasteiger partial charge in [0.25, 0.3) is 0 Å². The first-order valence-corrected chi connectivity index (χ1v) is 5.57. The molecule has 0 aromatic heterocycles. The summed E-state index contributed by atoms with van der Waals surface area (Å²) >= 11 is 0. The van der Waals surface area contributed by atoms with Crippen molar-refractivity contribution in [1.29, 1.82) is 0 Å². The fourth-order valence-electron chi connectivity index (χ4n) is 1.22. The molecule has 88 valence electrons. The molecule has 1 rings (SSSR count). The Hall–Kier alpha value is -1.51. The van der Waals surface area contributed by atoms with Gasteiger partial charge in [-0.25, -0.2) is 4.79 Å². The van der Waals surface area contributed by atoms with E-state index >= 15 is 0 Å². The summed E-state index contributed by atoms with van der Waals surface area (Å²) in [5.41, 5.74) is 1.11. The minimum atomic E-state index is -0.310. The average molecular weight is 222 g/mol. The van der Waals surface area contributed by atoms with Crippen LogP contribution in [0.1, 0.15) is 25.3 Å². The lowest BCUT2D eigenvalue weighted by atomic mass is 10.2. The van der Waals surface area contributed by atoms with Gasteiger partial charge in [-0.1, -0.05) is 25.5 Å². The second-order valence-electron chi connectivity index (χ2n) is 3.68. The number of unbranched alkanes of at least 4 members (excludes halogenated alkanes) is 1. The summed E-state index contributed by atoms with van der Waals surface area (Å²) in [5.74, 6) is 0.391. The second-order valence-corrected chi connectivity index (χ2v) is 3.68. The van der Waals surface area contributed by atoms with Gasteiger partial charge < -0.3 is 9.47 Å². The third-order valence-electron chi connectivity index (χ3n) is 2.11. The Morgan fingerprint density at radius 1 is 1.38 bits per heavy atom. The highest BCUT2D eigenvalue weighted by Gasteiger charge is 2.03. The summed E-state index contributed by atoms with van der Waals surface area (Å²) in [6.07, 6.45) is 1.92. The number of rotatable bonds is 6. The normalized spacial score (nSPS) is 9.88. The van der Waals surface area contributed by atoms with E-state index in [2.05, 4.69) is 6.92 Å². The molecule has 0 saturated carbocycles. The summed E-state index contributed by atoms with van der Waals surface area (Å²) in [5, 5.41) is 0. The zero-order chi connectivity index (χ0) is 11.8. The van der Waals surface area contributed by atoms with Crippen LogP contribution in [0.3, 0.4) is 0 Å². The van der Waals surface area contributed by atoms with Crippen LogP contribution >= 0.6 is 0 Å². The van der Waals surface area contributed by atoms with Crippen molar-refractivity contribution in [1.82, 2.24) is 0 Å². The molecule has 0 spiro atoms. The Kier molecular flexibility index (Phi) is 5.40. The van der Waals surface area contributed by atoms with E-state index in [1.54, 1.807) is 0 Å². The zero-order valence-electron chi connectivity index (χ0n) is 9.86. The number of hydrogen-bond donors (Lipinski definition) is 0. The van der Waals surface area contributed by atoms with Crippen LogP contribution in [0.2, 0.25) is 0 Å². The SMILES string of the molecule is CCCCOC(=O)COc1cccc(C)c1. The van der Waals surface area contributed by atoms with Crippen LogP contribution in [0.5, 0.6) is 5.75 Å². The summed E-state index contributed by atoms with van der Waals surface area (Å²) in [6, 6.07) is 7.59. The van der Waals surface area contributed by atoms with Gasteiger partial charge in [0.1, 0.15) is 5.75 Å². The number of ether oxygens (including phenoxy) is 2. The molecule has 0 atom stereocenters. The Balaban J connectivity index is 2.26. The largest absolute Gasteiger partial charge is 0.482 e. The molecule has 3 heteroatoms. The Bertz CT molecular complexity index is 334. The maximum absolute atomic E-state index is 11.2. The quantitative estimate of drug-likeness (QED) is 0.548. The number of carbonyl (C=O) groups is 1. The van der Waals surface area contributed by atoms with Gasteiger partial charge in [0, 0.05) is 0 Å². The van der Waals surface area contributed by atoms with E-state index in [4.69, 9.17) is 9.47 Å². The van der Waals surface area contributed by atoms with Crippen LogP contribution in [0, 0.1) is 6.92 Å². The van der Waals surface area contributed by atoms with Gasteiger partial charge in [-0.15, -0.1) is 0 Å². The van der Waals surface area contributed by atoms with Crippen LogP contribution in [-0.4, -0.2) is 19.2 Å². The van der Waals surface area contributed by atoms with Crippen LogP contribution in [0.25, 0.3) is 0 Å². The van der Waals surface area contributed by atoms with E-state index in [1.807, 2.05) is 31.2 Å². The molecule has 0 bridgehead atoms. The highest BCUT2D eigenvalue weighted by Crippen LogP contribution is 2.12. The molecule has 0 fully saturated rings.